The van der Waals surface area contributed by atoms with Crippen LogP contribution in [0.2, 0.25) is 0 Å². The third-order valence-electron chi connectivity index (χ3n) is 3.45. The zero-order valence-corrected chi connectivity index (χ0v) is 14.7. The normalized spacial score (nSPS) is 24.1. The van der Waals surface area contributed by atoms with Crippen molar-refractivity contribution >= 4 is 38.0 Å². The fourth-order valence-corrected chi connectivity index (χ4v) is 4.13. The molecule has 0 saturated carbocycles. The van der Waals surface area contributed by atoms with Gasteiger partial charge in [-0.25, -0.2) is 4.79 Å². The number of carbonyl (C=O) groups is 1. The van der Waals surface area contributed by atoms with E-state index in [4.69, 9.17) is 4.74 Å². The summed E-state index contributed by atoms with van der Waals surface area (Å²) < 4.78 is 7.56. The molecule has 0 unspecified atom stereocenters. The quantitative estimate of drug-likeness (QED) is 0.610. The van der Waals surface area contributed by atoms with Gasteiger partial charge in [-0.3, -0.25) is 4.90 Å². The van der Waals surface area contributed by atoms with Crippen molar-refractivity contribution in [1.82, 2.24) is 4.90 Å². The highest BCUT2D eigenvalue weighted by molar-refractivity contribution is 9.14. The third-order valence-corrected chi connectivity index (χ3v) is 5.71. The first-order chi connectivity index (χ1) is 9.31. The monoisotopic (exact) mass is 399 g/mol. The molecule has 106 valence electrons. The maximum Gasteiger partial charge on any atom is 0.411 e. The molecule has 2 aliphatic heterocycles. The molecule has 0 radical (unpaired) electrons. The van der Waals surface area contributed by atoms with Gasteiger partial charge >= 0.3 is 6.09 Å². The Bertz CT molecular complexity index is 580. The highest BCUT2D eigenvalue weighted by Crippen LogP contribution is 2.59. The molecule has 0 fully saturated rings. The van der Waals surface area contributed by atoms with Gasteiger partial charge in [0, 0.05) is 8.96 Å². The van der Waals surface area contributed by atoms with Crippen LogP contribution in [-0.4, -0.2) is 16.6 Å². The average molecular weight is 401 g/mol. The van der Waals surface area contributed by atoms with Crippen LogP contribution in [0.1, 0.15) is 44.0 Å². The lowest BCUT2D eigenvalue weighted by Gasteiger charge is -2.28. The SMILES string of the molecule is CC(C)(C)OC(=O)N1[C@@H]2C(Br)=C(Br)[C@H]1c1ccccc12. The van der Waals surface area contributed by atoms with E-state index in [9.17, 15) is 4.79 Å². The fraction of sp³-hybridized carbons (Fsp3) is 0.400. The second kappa shape index (κ2) is 4.60. The van der Waals surface area contributed by atoms with Gasteiger partial charge < -0.3 is 4.74 Å². The Morgan fingerprint density at radius 1 is 1.10 bits per heavy atom. The number of carbonyl (C=O) groups excluding carboxylic acids is 1. The molecule has 0 spiro atoms. The van der Waals surface area contributed by atoms with E-state index in [2.05, 4.69) is 44.0 Å². The summed E-state index contributed by atoms with van der Waals surface area (Å²) in [7, 11) is 0. The Morgan fingerprint density at radius 3 is 1.95 bits per heavy atom. The molecule has 2 bridgehead atoms. The number of hydrogen-bond acceptors (Lipinski definition) is 2. The number of hydrogen-bond donors (Lipinski definition) is 0. The van der Waals surface area contributed by atoms with Crippen LogP contribution >= 0.6 is 31.9 Å². The zero-order valence-electron chi connectivity index (χ0n) is 11.5. The number of halogens is 2. The topological polar surface area (TPSA) is 29.5 Å². The first kappa shape index (κ1) is 14.1. The number of ether oxygens (including phenoxy) is 1. The summed E-state index contributed by atoms with van der Waals surface area (Å²) in [6, 6.07) is 7.97. The zero-order chi connectivity index (χ0) is 14.7. The van der Waals surface area contributed by atoms with Crippen LogP contribution in [0.4, 0.5) is 4.79 Å². The molecule has 1 amide bonds. The molecule has 2 aliphatic rings. The van der Waals surface area contributed by atoms with Gasteiger partial charge in [0.1, 0.15) is 5.60 Å². The smallest absolute Gasteiger partial charge is 0.411 e. The van der Waals surface area contributed by atoms with E-state index in [1.165, 1.54) is 11.1 Å². The van der Waals surface area contributed by atoms with Crippen molar-refractivity contribution in [2.75, 3.05) is 0 Å². The molecule has 1 aromatic rings. The Labute approximate surface area is 135 Å². The van der Waals surface area contributed by atoms with Crippen LogP contribution in [0.5, 0.6) is 0 Å². The van der Waals surface area contributed by atoms with Gasteiger partial charge in [0.05, 0.1) is 12.1 Å². The van der Waals surface area contributed by atoms with Gasteiger partial charge in [0.2, 0.25) is 0 Å². The van der Waals surface area contributed by atoms with E-state index in [1.54, 1.807) is 4.90 Å². The van der Waals surface area contributed by atoms with Crippen LogP contribution in [0.3, 0.4) is 0 Å². The Hall–Kier alpha value is -0.810. The van der Waals surface area contributed by atoms with Gasteiger partial charge in [-0.05, 0) is 31.9 Å². The number of fused-ring (bicyclic) bond motifs is 5. The molecule has 1 aromatic carbocycles. The Balaban J connectivity index is 2.00. The minimum Gasteiger partial charge on any atom is -0.444 e. The molecular weight excluding hydrogens is 386 g/mol. The Kier molecular flexibility index (Phi) is 3.25. The molecule has 5 heteroatoms. The lowest BCUT2D eigenvalue weighted by Crippen LogP contribution is -2.35. The van der Waals surface area contributed by atoms with Crippen LogP contribution in [0, 0.1) is 0 Å². The van der Waals surface area contributed by atoms with E-state index < -0.39 is 5.60 Å². The van der Waals surface area contributed by atoms with E-state index in [0.29, 0.717) is 0 Å². The van der Waals surface area contributed by atoms with Gasteiger partial charge in [0.15, 0.2) is 0 Å². The van der Waals surface area contributed by atoms with Crippen LogP contribution in [0.25, 0.3) is 0 Å². The predicted molar refractivity (Wildman–Crippen MR) is 84.9 cm³/mol. The predicted octanol–water partition coefficient (Wildman–Crippen LogP) is 5.03. The van der Waals surface area contributed by atoms with Crippen LogP contribution < -0.4 is 0 Å². The fourth-order valence-electron chi connectivity index (χ4n) is 2.76. The molecule has 0 aliphatic carbocycles. The van der Waals surface area contributed by atoms with Gasteiger partial charge in [0.25, 0.3) is 0 Å². The minimum atomic E-state index is -0.496. The molecule has 2 atom stereocenters. The number of amides is 1. The Morgan fingerprint density at radius 2 is 1.55 bits per heavy atom. The molecule has 0 saturated heterocycles. The van der Waals surface area contributed by atoms with Gasteiger partial charge in [-0.15, -0.1) is 0 Å². The number of rotatable bonds is 0. The average Bonchev–Trinajstić information content (AvgIpc) is 2.81. The summed E-state index contributed by atoms with van der Waals surface area (Å²) in [5.74, 6) is 0. The molecule has 20 heavy (non-hydrogen) atoms. The second-order valence-corrected chi connectivity index (χ2v) is 7.73. The summed E-state index contributed by atoms with van der Waals surface area (Å²) in [4.78, 5) is 14.3. The third kappa shape index (κ3) is 2.02. The highest BCUT2D eigenvalue weighted by atomic mass is 79.9. The molecular formula is C15H15Br2NO2. The highest BCUT2D eigenvalue weighted by Gasteiger charge is 2.51. The lowest BCUT2D eigenvalue weighted by atomic mass is 9.97. The van der Waals surface area contributed by atoms with E-state index in [1.807, 2.05) is 32.9 Å². The minimum absolute atomic E-state index is 0.0829. The summed E-state index contributed by atoms with van der Waals surface area (Å²) in [6.45, 7) is 5.65. The molecule has 3 nitrogen and oxygen atoms in total. The van der Waals surface area contributed by atoms with E-state index in [-0.39, 0.29) is 18.2 Å². The number of benzene rings is 1. The van der Waals surface area contributed by atoms with Crippen molar-refractivity contribution in [1.29, 1.82) is 0 Å². The maximum atomic E-state index is 12.5. The van der Waals surface area contributed by atoms with Gasteiger partial charge in [-0.1, -0.05) is 56.1 Å². The largest absolute Gasteiger partial charge is 0.444 e. The summed E-state index contributed by atoms with van der Waals surface area (Å²) >= 11 is 7.20. The van der Waals surface area contributed by atoms with Gasteiger partial charge in [-0.2, -0.15) is 0 Å². The van der Waals surface area contributed by atoms with E-state index in [0.717, 1.165) is 8.96 Å². The van der Waals surface area contributed by atoms with Crippen molar-refractivity contribution in [2.45, 2.75) is 38.5 Å². The summed E-state index contributed by atoms with van der Waals surface area (Å²) in [6.07, 6.45) is -0.282. The molecule has 0 aromatic heterocycles. The van der Waals surface area contributed by atoms with Crippen molar-refractivity contribution in [3.63, 3.8) is 0 Å². The maximum absolute atomic E-state index is 12.5. The van der Waals surface area contributed by atoms with E-state index >= 15 is 0 Å². The summed E-state index contributed by atoms with van der Waals surface area (Å²) in [5, 5.41) is 0. The van der Waals surface area contributed by atoms with Crippen molar-refractivity contribution in [3.8, 4) is 0 Å². The van der Waals surface area contributed by atoms with Crippen molar-refractivity contribution in [3.05, 3.63) is 44.4 Å². The number of nitrogens with zero attached hydrogens (tertiary/aromatic N) is 1. The van der Waals surface area contributed by atoms with Crippen LogP contribution in [0.15, 0.2) is 33.2 Å². The molecule has 2 heterocycles. The first-order valence-electron chi connectivity index (χ1n) is 6.46. The summed E-state index contributed by atoms with van der Waals surface area (Å²) in [5.41, 5.74) is 1.83. The van der Waals surface area contributed by atoms with Crippen molar-refractivity contribution < 1.29 is 9.53 Å². The van der Waals surface area contributed by atoms with Crippen molar-refractivity contribution in [2.24, 2.45) is 0 Å². The molecule has 0 N–H and O–H groups in total. The second-order valence-electron chi connectivity index (χ2n) is 6.02. The standard InChI is InChI=1S/C15H15Br2NO2/c1-15(2,3)20-14(19)18-12-8-6-4-5-7-9(8)13(18)11(17)10(12)16/h4-7,12-13H,1-3H3/t12-,13+. The first-order valence-corrected chi connectivity index (χ1v) is 8.05. The van der Waals surface area contributed by atoms with Crippen LogP contribution in [-0.2, 0) is 4.74 Å². The molecule has 3 rings (SSSR count). The lowest BCUT2D eigenvalue weighted by molar-refractivity contribution is 0.0193.